The molecule has 0 aliphatic carbocycles. The zero-order chi connectivity index (χ0) is 13.4. The van der Waals surface area contributed by atoms with Crippen molar-refractivity contribution in [2.45, 2.75) is 6.42 Å². The molecule has 0 amide bonds. The van der Waals surface area contributed by atoms with E-state index in [0.717, 1.165) is 35.4 Å². The molecular weight excluding hydrogens is 250 g/mol. The Morgan fingerprint density at radius 2 is 2.00 bits per heavy atom. The molecule has 0 unspecified atom stereocenters. The first kappa shape index (κ1) is 11.3. The summed E-state index contributed by atoms with van der Waals surface area (Å²) in [7, 11) is 0. The summed E-state index contributed by atoms with van der Waals surface area (Å²) in [6.07, 6.45) is 4.90. The third-order valence-electron chi connectivity index (χ3n) is 3.44. The average molecular weight is 263 g/mol. The second-order valence-electron chi connectivity index (χ2n) is 4.82. The van der Waals surface area contributed by atoms with Crippen molar-refractivity contribution >= 4 is 23.3 Å². The van der Waals surface area contributed by atoms with Crippen molar-refractivity contribution < 1.29 is 9.15 Å². The Morgan fingerprint density at radius 3 is 2.95 bits per heavy atom. The van der Waals surface area contributed by atoms with E-state index >= 15 is 0 Å². The largest absolute Gasteiger partial charge is 0.493 e. The summed E-state index contributed by atoms with van der Waals surface area (Å²) in [5.74, 6) is 1.63. The third-order valence-corrected chi connectivity index (χ3v) is 3.44. The molecule has 3 nitrogen and oxygen atoms in total. The number of ether oxygens (including phenoxy) is 1. The smallest absolute Gasteiger partial charge is 0.220 e. The molecule has 3 aromatic rings. The summed E-state index contributed by atoms with van der Waals surface area (Å²) in [5.41, 5.74) is 4.10. The van der Waals surface area contributed by atoms with Crippen LogP contribution in [0.1, 0.15) is 17.0 Å². The number of rotatable bonds is 2. The van der Waals surface area contributed by atoms with Crippen LogP contribution in [0.4, 0.5) is 0 Å². The van der Waals surface area contributed by atoms with Crippen molar-refractivity contribution in [2.24, 2.45) is 0 Å². The molecule has 0 saturated carbocycles. The van der Waals surface area contributed by atoms with Crippen LogP contribution in [0.15, 0.2) is 46.9 Å². The molecule has 0 N–H and O–H groups in total. The lowest BCUT2D eigenvalue weighted by Crippen LogP contribution is -1.85. The summed E-state index contributed by atoms with van der Waals surface area (Å²) in [6, 6.07) is 14.0. The fourth-order valence-corrected chi connectivity index (χ4v) is 2.44. The number of hydrogen-bond acceptors (Lipinski definition) is 3. The van der Waals surface area contributed by atoms with Gasteiger partial charge in [-0.15, -0.1) is 0 Å². The number of aromatic nitrogens is 1. The van der Waals surface area contributed by atoms with Gasteiger partial charge >= 0.3 is 0 Å². The molecule has 0 bridgehead atoms. The van der Waals surface area contributed by atoms with Crippen molar-refractivity contribution in [3.63, 3.8) is 0 Å². The van der Waals surface area contributed by atoms with Gasteiger partial charge in [0.1, 0.15) is 11.3 Å². The predicted octanol–water partition coefficient (Wildman–Crippen LogP) is 3.93. The quantitative estimate of drug-likeness (QED) is 0.702. The van der Waals surface area contributed by atoms with Crippen LogP contribution in [0.2, 0.25) is 0 Å². The van der Waals surface area contributed by atoms with Gasteiger partial charge in [0.2, 0.25) is 5.89 Å². The molecule has 0 fully saturated rings. The van der Waals surface area contributed by atoms with Gasteiger partial charge in [-0.1, -0.05) is 18.2 Å². The molecule has 4 rings (SSSR count). The monoisotopic (exact) mass is 263 g/mol. The maximum Gasteiger partial charge on any atom is 0.220 e. The van der Waals surface area contributed by atoms with Crippen molar-refractivity contribution in [1.82, 2.24) is 4.98 Å². The minimum atomic E-state index is 0.628. The predicted molar refractivity (Wildman–Crippen MR) is 78.6 cm³/mol. The minimum Gasteiger partial charge on any atom is -0.493 e. The zero-order valence-corrected chi connectivity index (χ0v) is 10.9. The van der Waals surface area contributed by atoms with Crippen LogP contribution in [0.25, 0.3) is 23.3 Å². The topological polar surface area (TPSA) is 35.3 Å². The molecule has 2 heterocycles. The molecule has 0 radical (unpaired) electrons. The van der Waals surface area contributed by atoms with E-state index in [1.165, 1.54) is 5.56 Å². The van der Waals surface area contributed by atoms with Gasteiger partial charge in [-0.25, -0.2) is 4.98 Å². The fraction of sp³-hybridized carbons (Fsp3) is 0.118. The van der Waals surface area contributed by atoms with E-state index in [9.17, 15) is 0 Å². The van der Waals surface area contributed by atoms with Gasteiger partial charge in [0.05, 0.1) is 6.61 Å². The van der Waals surface area contributed by atoms with E-state index in [2.05, 4.69) is 11.1 Å². The van der Waals surface area contributed by atoms with Crippen LogP contribution < -0.4 is 4.74 Å². The standard InChI is InChI=1S/C17H13NO2/c1-2-4-16-14(3-1)18-17(20-16)8-6-12-5-7-15-13(11-12)9-10-19-15/h1-8,11H,9-10H2/b8-6+. The third kappa shape index (κ3) is 1.97. The van der Waals surface area contributed by atoms with Crippen molar-refractivity contribution in [1.29, 1.82) is 0 Å². The molecule has 3 heteroatoms. The van der Waals surface area contributed by atoms with Crippen LogP contribution in [0.3, 0.4) is 0 Å². The lowest BCUT2D eigenvalue weighted by molar-refractivity contribution is 0.357. The van der Waals surface area contributed by atoms with Crippen LogP contribution in [0, 0.1) is 0 Å². The van der Waals surface area contributed by atoms with Crippen molar-refractivity contribution in [2.75, 3.05) is 6.61 Å². The van der Waals surface area contributed by atoms with E-state index in [-0.39, 0.29) is 0 Å². The fourth-order valence-electron chi connectivity index (χ4n) is 2.44. The van der Waals surface area contributed by atoms with Gasteiger partial charge in [-0.2, -0.15) is 0 Å². The number of hydrogen-bond donors (Lipinski definition) is 0. The van der Waals surface area contributed by atoms with Crippen molar-refractivity contribution in [3.8, 4) is 5.75 Å². The molecule has 0 saturated heterocycles. The Kier molecular flexibility index (Phi) is 2.56. The number of oxazole rings is 1. The molecule has 0 spiro atoms. The van der Waals surface area contributed by atoms with E-state index in [1.54, 1.807) is 0 Å². The summed E-state index contributed by atoms with van der Waals surface area (Å²) in [6.45, 7) is 0.785. The van der Waals surface area contributed by atoms with Crippen LogP contribution >= 0.6 is 0 Å². The van der Waals surface area contributed by atoms with Gasteiger partial charge in [0.25, 0.3) is 0 Å². The lowest BCUT2D eigenvalue weighted by Gasteiger charge is -1.99. The Labute approximate surface area is 116 Å². The van der Waals surface area contributed by atoms with Crippen LogP contribution in [-0.4, -0.2) is 11.6 Å². The molecule has 1 aliphatic rings. The second-order valence-corrected chi connectivity index (χ2v) is 4.82. The summed E-state index contributed by atoms with van der Waals surface area (Å²) < 4.78 is 11.2. The second kappa shape index (κ2) is 4.53. The Bertz CT molecular complexity index is 769. The lowest BCUT2D eigenvalue weighted by atomic mass is 10.1. The first-order valence-electron chi connectivity index (χ1n) is 6.68. The summed E-state index contributed by atoms with van der Waals surface area (Å²) in [4.78, 5) is 4.42. The number of fused-ring (bicyclic) bond motifs is 2. The van der Waals surface area contributed by atoms with Gasteiger partial charge in [0.15, 0.2) is 5.58 Å². The average Bonchev–Trinajstić information content (AvgIpc) is 3.10. The van der Waals surface area contributed by atoms with Gasteiger partial charge in [0, 0.05) is 12.5 Å². The number of benzene rings is 2. The first-order valence-corrected chi connectivity index (χ1v) is 6.68. The number of para-hydroxylation sites is 2. The maximum absolute atomic E-state index is 5.66. The highest BCUT2D eigenvalue weighted by Crippen LogP contribution is 2.26. The van der Waals surface area contributed by atoms with Crippen molar-refractivity contribution in [3.05, 3.63) is 59.5 Å². The van der Waals surface area contributed by atoms with E-state index < -0.39 is 0 Å². The molecule has 98 valence electrons. The first-order chi connectivity index (χ1) is 9.88. The summed E-state index contributed by atoms with van der Waals surface area (Å²) in [5, 5.41) is 0. The number of nitrogens with zero attached hydrogens (tertiary/aromatic N) is 1. The Balaban J connectivity index is 1.64. The van der Waals surface area contributed by atoms with Crippen LogP contribution in [0.5, 0.6) is 5.75 Å². The molecule has 2 aromatic carbocycles. The maximum atomic E-state index is 5.66. The highest BCUT2D eigenvalue weighted by atomic mass is 16.5. The SMILES string of the molecule is C(=C\c1nc2ccccc2o1)/c1ccc2c(c1)CCO2. The normalized spacial score (nSPS) is 13.8. The van der Waals surface area contributed by atoms with Gasteiger partial charge in [-0.3, -0.25) is 0 Å². The molecule has 20 heavy (non-hydrogen) atoms. The van der Waals surface area contributed by atoms with Gasteiger partial charge in [-0.05, 0) is 41.5 Å². The zero-order valence-electron chi connectivity index (χ0n) is 10.9. The van der Waals surface area contributed by atoms with E-state index in [4.69, 9.17) is 9.15 Å². The molecule has 1 aliphatic heterocycles. The van der Waals surface area contributed by atoms with E-state index in [1.807, 2.05) is 48.6 Å². The highest BCUT2D eigenvalue weighted by molar-refractivity contribution is 5.76. The Hall–Kier alpha value is -2.55. The minimum absolute atomic E-state index is 0.628. The highest BCUT2D eigenvalue weighted by Gasteiger charge is 2.11. The molecular formula is C17H13NO2. The van der Waals surface area contributed by atoms with Gasteiger partial charge < -0.3 is 9.15 Å². The Morgan fingerprint density at radius 1 is 1.05 bits per heavy atom. The summed E-state index contributed by atoms with van der Waals surface area (Å²) >= 11 is 0. The molecule has 1 aromatic heterocycles. The van der Waals surface area contributed by atoms with E-state index in [0.29, 0.717) is 5.89 Å². The van der Waals surface area contributed by atoms with Crippen LogP contribution in [-0.2, 0) is 6.42 Å². The molecule has 0 atom stereocenters.